The second-order valence-electron chi connectivity index (χ2n) is 5.24. The molecule has 0 radical (unpaired) electrons. The minimum Gasteiger partial charge on any atom is -0.339 e. The molecule has 0 bridgehead atoms. The summed E-state index contributed by atoms with van der Waals surface area (Å²) in [5.41, 5.74) is 4.04. The average molecular weight is 326 g/mol. The van der Waals surface area contributed by atoms with Crippen molar-refractivity contribution in [2.24, 2.45) is 0 Å². The number of nitrogens with zero attached hydrogens (tertiary/aromatic N) is 3. The molecular formula is C17H16ClN5. The summed E-state index contributed by atoms with van der Waals surface area (Å²) < 4.78 is 0. The molecule has 23 heavy (non-hydrogen) atoms. The Morgan fingerprint density at radius 3 is 2.65 bits per heavy atom. The van der Waals surface area contributed by atoms with E-state index in [2.05, 4.69) is 25.8 Å². The lowest BCUT2D eigenvalue weighted by molar-refractivity contribution is 0.981. The Hall–Kier alpha value is -2.66. The van der Waals surface area contributed by atoms with Gasteiger partial charge in [0.1, 0.15) is 0 Å². The molecule has 0 fully saturated rings. The molecule has 0 unspecified atom stereocenters. The zero-order valence-corrected chi connectivity index (χ0v) is 13.6. The number of hydrogen-bond donors (Lipinski definition) is 2. The highest BCUT2D eigenvalue weighted by molar-refractivity contribution is 6.30. The zero-order chi connectivity index (χ0) is 16.2. The van der Waals surface area contributed by atoms with E-state index in [4.69, 9.17) is 11.6 Å². The fraction of sp³-hybridized carbons (Fsp3) is 0.118. The van der Waals surface area contributed by atoms with Crippen LogP contribution >= 0.6 is 11.6 Å². The van der Waals surface area contributed by atoms with Gasteiger partial charge in [-0.2, -0.15) is 10.1 Å². The Kier molecular flexibility index (Phi) is 4.39. The topological polar surface area (TPSA) is 62.7 Å². The normalized spacial score (nSPS) is 10.4. The van der Waals surface area contributed by atoms with Gasteiger partial charge < -0.3 is 10.6 Å². The fourth-order valence-corrected chi connectivity index (χ4v) is 2.40. The molecule has 0 aliphatic heterocycles. The Morgan fingerprint density at radius 1 is 1.00 bits per heavy atom. The van der Waals surface area contributed by atoms with Crippen LogP contribution in [0.15, 0.2) is 48.7 Å². The maximum absolute atomic E-state index is 5.97. The molecule has 3 aromatic rings. The van der Waals surface area contributed by atoms with Crippen molar-refractivity contribution in [1.29, 1.82) is 0 Å². The molecule has 0 aliphatic carbocycles. The van der Waals surface area contributed by atoms with E-state index in [0.717, 1.165) is 16.9 Å². The van der Waals surface area contributed by atoms with E-state index in [0.29, 0.717) is 16.8 Å². The van der Waals surface area contributed by atoms with Gasteiger partial charge in [-0.05, 0) is 55.3 Å². The number of halogens is 1. The largest absolute Gasteiger partial charge is 0.339 e. The van der Waals surface area contributed by atoms with Gasteiger partial charge in [0.2, 0.25) is 5.95 Å². The van der Waals surface area contributed by atoms with Crippen LogP contribution in [0.3, 0.4) is 0 Å². The second kappa shape index (κ2) is 6.62. The lowest BCUT2D eigenvalue weighted by Gasteiger charge is -2.10. The van der Waals surface area contributed by atoms with Gasteiger partial charge in [0.15, 0.2) is 5.82 Å². The zero-order valence-electron chi connectivity index (χ0n) is 12.8. The minimum absolute atomic E-state index is 0.424. The van der Waals surface area contributed by atoms with Crippen LogP contribution in [-0.4, -0.2) is 15.2 Å². The molecule has 2 N–H and O–H groups in total. The molecule has 0 amide bonds. The van der Waals surface area contributed by atoms with Crippen molar-refractivity contribution in [2.45, 2.75) is 13.8 Å². The molecular weight excluding hydrogens is 310 g/mol. The van der Waals surface area contributed by atoms with E-state index in [1.165, 1.54) is 5.56 Å². The molecule has 116 valence electrons. The molecule has 1 heterocycles. The summed E-state index contributed by atoms with van der Waals surface area (Å²) in [6.45, 7) is 4.01. The fourth-order valence-electron chi connectivity index (χ4n) is 2.18. The molecule has 0 spiro atoms. The van der Waals surface area contributed by atoms with Gasteiger partial charge in [0.25, 0.3) is 0 Å². The molecule has 0 saturated carbocycles. The van der Waals surface area contributed by atoms with Crippen molar-refractivity contribution in [3.8, 4) is 0 Å². The molecule has 0 atom stereocenters. The first-order valence-electron chi connectivity index (χ1n) is 7.17. The van der Waals surface area contributed by atoms with Gasteiger partial charge in [-0.15, -0.1) is 5.10 Å². The number of nitrogens with one attached hydrogen (secondary N) is 2. The molecule has 0 saturated heterocycles. The van der Waals surface area contributed by atoms with E-state index in [1.54, 1.807) is 6.20 Å². The molecule has 0 aliphatic rings. The van der Waals surface area contributed by atoms with Crippen LogP contribution in [0.4, 0.5) is 23.1 Å². The van der Waals surface area contributed by atoms with E-state index >= 15 is 0 Å². The maximum Gasteiger partial charge on any atom is 0.249 e. The Labute approximate surface area is 139 Å². The van der Waals surface area contributed by atoms with E-state index < -0.39 is 0 Å². The van der Waals surface area contributed by atoms with E-state index in [9.17, 15) is 0 Å². The summed E-state index contributed by atoms with van der Waals surface area (Å²) in [5.74, 6) is 1.05. The van der Waals surface area contributed by atoms with Crippen molar-refractivity contribution in [3.05, 3.63) is 64.8 Å². The van der Waals surface area contributed by atoms with Crippen molar-refractivity contribution >= 4 is 34.7 Å². The second-order valence-corrected chi connectivity index (χ2v) is 5.68. The van der Waals surface area contributed by atoms with Crippen LogP contribution in [0.25, 0.3) is 0 Å². The number of aryl methyl sites for hydroxylation is 2. The third-order valence-electron chi connectivity index (χ3n) is 3.28. The quantitative estimate of drug-likeness (QED) is 0.732. The first-order chi connectivity index (χ1) is 11.1. The van der Waals surface area contributed by atoms with Crippen molar-refractivity contribution in [2.75, 3.05) is 10.6 Å². The van der Waals surface area contributed by atoms with Crippen LogP contribution in [0.1, 0.15) is 11.1 Å². The Morgan fingerprint density at radius 2 is 1.87 bits per heavy atom. The Bertz CT molecular complexity index is 835. The van der Waals surface area contributed by atoms with Crippen LogP contribution in [-0.2, 0) is 0 Å². The SMILES string of the molecule is Cc1cccc(Nc2cnnc(Nc3ccc(Cl)cc3C)n2)c1. The predicted molar refractivity (Wildman–Crippen MR) is 93.8 cm³/mol. The standard InChI is InChI=1S/C17H16ClN5/c1-11-4-3-5-14(8-11)20-16-10-19-23-17(22-16)21-15-7-6-13(18)9-12(15)2/h3-10H,1-2H3,(H2,20,21,22,23). The number of hydrogen-bond acceptors (Lipinski definition) is 5. The maximum atomic E-state index is 5.97. The molecule has 2 aromatic carbocycles. The summed E-state index contributed by atoms with van der Waals surface area (Å²) in [4.78, 5) is 4.43. The van der Waals surface area contributed by atoms with Gasteiger partial charge in [-0.3, -0.25) is 0 Å². The number of aromatic nitrogens is 3. The smallest absolute Gasteiger partial charge is 0.249 e. The monoisotopic (exact) mass is 325 g/mol. The molecule has 3 rings (SSSR count). The van der Waals surface area contributed by atoms with E-state index in [-0.39, 0.29) is 0 Å². The molecule has 6 heteroatoms. The lowest BCUT2D eigenvalue weighted by atomic mass is 10.2. The highest BCUT2D eigenvalue weighted by Crippen LogP contribution is 2.22. The first-order valence-corrected chi connectivity index (χ1v) is 7.54. The summed E-state index contributed by atoms with van der Waals surface area (Å²) >= 11 is 5.97. The first kappa shape index (κ1) is 15.2. The number of benzene rings is 2. The van der Waals surface area contributed by atoms with Crippen molar-refractivity contribution < 1.29 is 0 Å². The van der Waals surface area contributed by atoms with Gasteiger partial charge in [0.05, 0.1) is 6.20 Å². The highest BCUT2D eigenvalue weighted by Gasteiger charge is 2.04. The average Bonchev–Trinajstić information content (AvgIpc) is 2.51. The minimum atomic E-state index is 0.424. The molecule has 1 aromatic heterocycles. The number of anilines is 4. The van der Waals surface area contributed by atoms with Crippen LogP contribution in [0, 0.1) is 13.8 Å². The van der Waals surface area contributed by atoms with Gasteiger partial charge in [0, 0.05) is 16.4 Å². The van der Waals surface area contributed by atoms with Gasteiger partial charge >= 0.3 is 0 Å². The predicted octanol–water partition coefficient (Wildman–Crippen LogP) is 4.63. The summed E-state index contributed by atoms with van der Waals surface area (Å²) in [6, 6.07) is 13.6. The van der Waals surface area contributed by atoms with Gasteiger partial charge in [-0.1, -0.05) is 23.7 Å². The van der Waals surface area contributed by atoms with Crippen molar-refractivity contribution in [1.82, 2.24) is 15.2 Å². The third kappa shape index (κ3) is 3.96. The van der Waals surface area contributed by atoms with Crippen LogP contribution in [0.5, 0.6) is 0 Å². The molecule has 5 nitrogen and oxygen atoms in total. The van der Waals surface area contributed by atoms with Crippen LogP contribution < -0.4 is 10.6 Å². The Balaban J connectivity index is 1.79. The number of rotatable bonds is 4. The summed E-state index contributed by atoms with van der Waals surface area (Å²) in [6.07, 6.45) is 1.59. The lowest BCUT2D eigenvalue weighted by Crippen LogP contribution is -2.03. The van der Waals surface area contributed by atoms with Gasteiger partial charge in [-0.25, -0.2) is 0 Å². The summed E-state index contributed by atoms with van der Waals surface area (Å²) in [5, 5.41) is 15.1. The van der Waals surface area contributed by atoms with Crippen molar-refractivity contribution in [3.63, 3.8) is 0 Å². The highest BCUT2D eigenvalue weighted by atomic mass is 35.5. The van der Waals surface area contributed by atoms with Crippen LogP contribution in [0.2, 0.25) is 5.02 Å². The van der Waals surface area contributed by atoms with E-state index in [1.807, 2.05) is 56.3 Å². The summed E-state index contributed by atoms with van der Waals surface area (Å²) in [7, 11) is 0. The third-order valence-corrected chi connectivity index (χ3v) is 3.52.